The van der Waals surface area contributed by atoms with Gasteiger partial charge in [-0.05, 0) is 58.9 Å². The minimum Gasteiger partial charge on any atom is -0.492 e. The van der Waals surface area contributed by atoms with E-state index in [9.17, 15) is 0 Å². The molecular weight excluding hydrogens is 434 g/mol. The number of aromatic nitrogens is 1. The fraction of sp³-hybridized carbons (Fsp3) is 0.222. The van der Waals surface area contributed by atoms with Crippen molar-refractivity contribution in [3.63, 3.8) is 0 Å². The first-order chi connectivity index (χ1) is 12.6. The van der Waals surface area contributed by atoms with Crippen LogP contribution in [0.5, 0.6) is 11.5 Å². The van der Waals surface area contributed by atoms with Crippen molar-refractivity contribution in [1.29, 1.82) is 0 Å². The van der Waals surface area contributed by atoms with E-state index in [-0.39, 0.29) is 0 Å². The summed E-state index contributed by atoms with van der Waals surface area (Å²) in [5.74, 6) is 1.35. The molecule has 8 heteroatoms. The predicted octanol–water partition coefficient (Wildman–Crippen LogP) is 5.80. The molecule has 3 rings (SSSR count). The molecule has 26 heavy (non-hydrogen) atoms. The van der Waals surface area contributed by atoms with Crippen molar-refractivity contribution in [2.75, 3.05) is 19.1 Å². The lowest BCUT2D eigenvalue weighted by molar-refractivity contribution is 0.310. The van der Waals surface area contributed by atoms with E-state index in [0.29, 0.717) is 18.1 Å². The molecule has 0 aliphatic rings. The molecule has 0 unspecified atom stereocenters. The summed E-state index contributed by atoms with van der Waals surface area (Å²) in [4.78, 5) is 6.95. The molecule has 0 saturated heterocycles. The summed E-state index contributed by atoms with van der Waals surface area (Å²) in [6.45, 7) is 4.56. The van der Waals surface area contributed by atoms with Gasteiger partial charge in [0.05, 0.1) is 35.0 Å². The molecule has 0 bridgehead atoms. The van der Waals surface area contributed by atoms with Gasteiger partial charge in [0.1, 0.15) is 0 Å². The van der Waals surface area contributed by atoms with Crippen LogP contribution in [-0.2, 0) is 0 Å². The fourth-order valence-corrected chi connectivity index (χ4v) is 4.61. The van der Waals surface area contributed by atoms with Gasteiger partial charge >= 0.3 is 0 Å². The van der Waals surface area contributed by atoms with Gasteiger partial charge in [-0.15, -0.1) is 22.7 Å². The van der Waals surface area contributed by atoms with Crippen LogP contribution in [0, 0.1) is 6.92 Å². The molecule has 136 valence electrons. The Bertz CT molecular complexity index is 908. The number of anilines is 1. The first-order valence-electron chi connectivity index (χ1n) is 7.93. The third-order valence-electron chi connectivity index (χ3n) is 3.46. The van der Waals surface area contributed by atoms with Crippen LogP contribution in [0.1, 0.15) is 17.4 Å². The maximum absolute atomic E-state index is 5.63. The summed E-state index contributed by atoms with van der Waals surface area (Å²) in [5.41, 5.74) is 4.91. The van der Waals surface area contributed by atoms with Crippen LogP contribution in [0.4, 0.5) is 5.13 Å². The van der Waals surface area contributed by atoms with Gasteiger partial charge in [0.25, 0.3) is 0 Å². The molecule has 2 aromatic heterocycles. The van der Waals surface area contributed by atoms with Gasteiger partial charge < -0.3 is 9.47 Å². The molecule has 3 aromatic rings. The smallest absolute Gasteiger partial charge is 0.204 e. The van der Waals surface area contributed by atoms with E-state index >= 15 is 0 Å². The van der Waals surface area contributed by atoms with Gasteiger partial charge in [-0.25, -0.2) is 4.98 Å². The SMILES string of the molecule is CCOc1cc(/C=N\Nc2nc(-c3cccs3)c(C)s2)cc(Br)c1OC. The number of nitrogens with zero attached hydrogens (tertiary/aromatic N) is 2. The third kappa shape index (κ3) is 4.25. The minimum absolute atomic E-state index is 0.561. The fourth-order valence-electron chi connectivity index (χ4n) is 2.37. The van der Waals surface area contributed by atoms with Gasteiger partial charge in [-0.2, -0.15) is 5.10 Å². The number of aryl methyl sites for hydroxylation is 1. The van der Waals surface area contributed by atoms with Crippen LogP contribution < -0.4 is 14.9 Å². The van der Waals surface area contributed by atoms with E-state index in [0.717, 1.165) is 30.6 Å². The maximum atomic E-state index is 5.63. The first kappa shape index (κ1) is 18.9. The lowest BCUT2D eigenvalue weighted by Gasteiger charge is -2.11. The predicted molar refractivity (Wildman–Crippen MR) is 113 cm³/mol. The lowest BCUT2D eigenvalue weighted by Crippen LogP contribution is -1.98. The van der Waals surface area contributed by atoms with Crippen molar-refractivity contribution < 1.29 is 9.47 Å². The zero-order chi connectivity index (χ0) is 18.5. The Balaban J connectivity index is 1.76. The maximum Gasteiger partial charge on any atom is 0.204 e. The standard InChI is InChI=1S/C18H18BrN3O2S2/c1-4-24-14-9-12(8-13(19)17(14)23-3)10-20-22-18-21-16(11(2)26-18)15-6-5-7-25-15/h5-10H,4H2,1-3H3,(H,21,22)/b20-10-. The molecule has 5 nitrogen and oxygen atoms in total. The highest BCUT2D eigenvalue weighted by atomic mass is 79.9. The van der Waals surface area contributed by atoms with Gasteiger partial charge in [0, 0.05) is 4.88 Å². The van der Waals surface area contributed by atoms with Crippen molar-refractivity contribution in [3.8, 4) is 22.1 Å². The van der Waals surface area contributed by atoms with Crippen LogP contribution in [0.2, 0.25) is 0 Å². The number of halogens is 1. The average molecular weight is 452 g/mol. The number of ether oxygens (including phenoxy) is 2. The van der Waals surface area contributed by atoms with Crippen molar-refractivity contribution in [2.24, 2.45) is 5.10 Å². The van der Waals surface area contributed by atoms with Crippen LogP contribution in [-0.4, -0.2) is 24.9 Å². The Morgan fingerprint density at radius 1 is 1.38 bits per heavy atom. The molecule has 0 fully saturated rings. The van der Waals surface area contributed by atoms with E-state index < -0.39 is 0 Å². The summed E-state index contributed by atoms with van der Waals surface area (Å²) < 4.78 is 11.8. The molecule has 0 saturated carbocycles. The Morgan fingerprint density at radius 3 is 2.92 bits per heavy atom. The number of thiophene rings is 1. The number of hydrogen-bond acceptors (Lipinski definition) is 7. The molecule has 0 spiro atoms. The lowest BCUT2D eigenvalue weighted by atomic mass is 10.2. The zero-order valence-corrected chi connectivity index (χ0v) is 17.8. The Hall–Kier alpha value is -1.90. The van der Waals surface area contributed by atoms with Crippen molar-refractivity contribution in [3.05, 3.63) is 44.6 Å². The first-order valence-corrected chi connectivity index (χ1v) is 10.4. The van der Waals surface area contributed by atoms with Gasteiger partial charge in [-0.3, -0.25) is 5.43 Å². The summed E-state index contributed by atoms with van der Waals surface area (Å²) in [7, 11) is 1.62. The molecule has 0 aliphatic heterocycles. The van der Waals surface area contributed by atoms with Gasteiger partial charge in [-0.1, -0.05) is 6.07 Å². The number of benzene rings is 1. The second-order valence-electron chi connectivity index (χ2n) is 5.24. The highest BCUT2D eigenvalue weighted by Crippen LogP contribution is 2.36. The Labute approximate surface area is 168 Å². The summed E-state index contributed by atoms with van der Waals surface area (Å²) in [5, 5.41) is 7.12. The van der Waals surface area contributed by atoms with Crippen LogP contribution in [0.3, 0.4) is 0 Å². The van der Waals surface area contributed by atoms with E-state index in [2.05, 4.69) is 49.8 Å². The van der Waals surface area contributed by atoms with Crippen LogP contribution in [0.25, 0.3) is 10.6 Å². The number of methoxy groups -OCH3 is 1. The number of nitrogens with one attached hydrogen (secondary N) is 1. The average Bonchev–Trinajstić information content (AvgIpc) is 3.24. The van der Waals surface area contributed by atoms with E-state index in [1.54, 1.807) is 36.0 Å². The normalized spacial score (nSPS) is 11.1. The molecule has 0 radical (unpaired) electrons. The molecule has 1 N–H and O–H groups in total. The monoisotopic (exact) mass is 451 g/mol. The van der Waals surface area contributed by atoms with Crippen molar-refractivity contribution in [2.45, 2.75) is 13.8 Å². The molecule has 2 heterocycles. The highest BCUT2D eigenvalue weighted by Gasteiger charge is 2.11. The van der Waals surface area contributed by atoms with Crippen LogP contribution in [0.15, 0.2) is 39.2 Å². The summed E-state index contributed by atoms with van der Waals surface area (Å²) in [6.07, 6.45) is 1.73. The molecule has 0 atom stereocenters. The van der Waals surface area contributed by atoms with Gasteiger partial charge in [0.2, 0.25) is 5.13 Å². The zero-order valence-electron chi connectivity index (χ0n) is 14.6. The van der Waals surface area contributed by atoms with E-state index in [4.69, 9.17) is 9.47 Å². The van der Waals surface area contributed by atoms with Gasteiger partial charge in [0.15, 0.2) is 11.5 Å². The van der Waals surface area contributed by atoms with E-state index in [1.807, 2.05) is 25.1 Å². The quantitative estimate of drug-likeness (QED) is 0.364. The Morgan fingerprint density at radius 2 is 2.23 bits per heavy atom. The second kappa shape index (κ2) is 8.66. The van der Waals surface area contributed by atoms with Crippen LogP contribution >= 0.6 is 38.6 Å². The third-order valence-corrected chi connectivity index (χ3v) is 5.80. The number of rotatable bonds is 7. The summed E-state index contributed by atoms with van der Waals surface area (Å²) >= 11 is 6.77. The van der Waals surface area contributed by atoms with Crippen molar-refractivity contribution >= 4 is 49.9 Å². The summed E-state index contributed by atoms with van der Waals surface area (Å²) in [6, 6.07) is 7.92. The number of hydrogen-bond donors (Lipinski definition) is 1. The molecule has 0 aliphatic carbocycles. The highest BCUT2D eigenvalue weighted by molar-refractivity contribution is 9.10. The Kier molecular flexibility index (Phi) is 6.29. The van der Waals surface area contributed by atoms with E-state index in [1.165, 1.54) is 0 Å². The largest absolute Gasteiger partial charge is 0.492 e. The molecule has 0 amide bonds. The number of hydrazone groups is 1. The minimum atomic E-state index is 0.561. The van der Waals surface area contributed by atoms with Crippen molar-refractivity contribution in [1.82, 2.24) is 4.98 Å². The second-order valence-corrected chi connectivity index (χ2v) is 8.24. The molecule has 1 aromatic carbocycles. The number of thiazole rings is 1. The molecular formula is C18H18BrN3O2S2. The topological polar surface area (TPSA) is 55.7 Å².